The number of rotatable bonds is 5. The van der Waals surface area contributed by atoms with Gasteiger partial charge in [-0.15, -0.1) is 0 Å². The Hall–Kier alpha value is -3.24. The van der Waals surface area contributed by atoms with Gasteiger partial charge in [0.15, 0.2) is 0 Å². The molecular weight excluding hydrogens is 627 g/mol. The van der Waals surface area contributed by atoms with Crippen molar-refractivity contribution in [3.8, 4) is 20.0 Å². The summed E-state index contributed by atoms with van der Waals surface area (Å²) in [6.07, 6.45) is 7.21. The molecule has 1 aliphatic rings. The first kappa shape index (κ1) is 24.1. The molecule has 2 heteroatoms. The van der Waals surface area contributed by atoms with Crippen LogP contribution >= 0.6 is 0 Å². The van der Waals surface area contributed by atoms with E-state index in [4.69, 9.17) is 0 Å². The molecular formula is C35H25SeTe+. The van der Waals surface area contributed by atoms with E-state index >= 15 is 0 Å². The minimum absolute atomic E-state index is 0.250. The molecule has 4 aromatic carbocycles. The summed E-state index contributed by atoms with van der Waals surface area (Å²) in [7, 11) is 0. The zero-order valence-electron chi connectivity index (χ0n) is 20.3. The second-order valence-corrected chi connectivity index (χ2v) is 14.2. The average Bonchev–Trinajstić information content (AvgIpc) is 2.99. The van der Waals surface area contributed by atoms with Gasteiger partial charge in [-0.05, 0) is 0 Å². The Morgan fingerprint density at radius 2 is 0.838 bits per heavy atom. The first-order chi connectivity index (χ1) is 18.3. The fourth-order valence-electron chi connectivity index (χ4n) is 4.38. The standard InChI is InChI=1S/C35H25SeTe/c1-5-13-28(14-6-1)32-22-26(23-33(36-32)29-15-7-2-8-16-29)21-27-24-34(30-17-9-3-10-18-30)37-35(25-27)31-19-11-4-12-20-31/h1-25H/q+1. The van der Waals surface area contributed by atoms with E-state index in [2.05, 4.69) is 152 Å². The molecule has 1 aliphatic heterocycles. The second kappa shape index (κ2) is 11.4. The molecule has 37 heavy (non-hydrogen) atoms. The van der Waals surface area contributed by atoms with Gasteiger partial charge in [-0.25, -0.2) is 0 Å². The number of benzene rings is 4. The van der Waals surface area contributed by atoms with Gasteiger partial charge in [-0.1, -0.05) is 0 Å². The van der Waals surface area contributed by atoms with Crippen molar-refractivity contribution in [2.75, 3.05) is 0 Å². The molecule has 0 aliphatic carbocycles. The van der Waals surface area contributed by atoms with Crippen molar-refractivity contribution in [2.45, 2.75) is 0 Å². The van der Waals surface area contributed by atoms with Crippen molar-refractivity contribution in [1.29, 1.82) is 0 Å². The number of hydrogen-bond acceptors (Lipinski definition) is 0. The Bertz CT molecular complexity index is 1480. The summed E-state index contributed by atoms with van der Waals surface area (Å²) in [6, 6.07) is 48.3. The molecule has 0 radical (unpaired) electrons. The van der Waals surface area contributed by atoms with Crippen LogP contribution in [0.4, 0.5) is 0 Å². The van der Waals surface area contributed by atoms with Crippen molar-refractivity contribution >= 4 is 48.7 Å². The van der Waals surface area contributed by atoms with Gasteiger partial charge in [0.1, 0.15) is 0 Å². The third kappa shape index (κ3) is 5.85. The van der Waals surface area contributed by atoms with Gasteiger partial charge in [0.05, 0.1) is 0 Å². The van der Waals surface area contributed by atoms with E-state index in [1.165, 1.54) is 49.5 Å². The van der Waals surface area contributed by atoms with E-state index in [9.17, 15) is 0 Å². The molecule has 5 aromatic rings. The van der Waals surface area contributed by atoms with Crippen molar-refractivity contribution in [1.82, 2.24) is 0 Å². The molecule has 0 saturated carbocycles. The van der Waals surface area contributed by atoms with Crippen LogP contribution in [0, 0.1) is 0 Å². The average molecular weight is 652 g/mol. The molecule has 0 atom stereocenters. The maximum absolute atomic E-state index is 2.42. The van der Waals surface area contributed by atoms with Gasteiger partial charge >= 0.3 is 237 Å². The molecule has 0 amide bonds. The summed E-state index contributed by atoms with van der Waals surface area (Å²) in [5.74, 6) is 0. The first-order valence-electron chi connectivity index (χ1n) is 12.3. The molecule has 0 N–H and O–H groups in total. The predicted octanol–water partition coefficient (Wildman–Crippen LogP) is 8.54. The van der Waals surface area contributed by atoms with E-state index in [0.717, 1.165) is 0 Å². The van der Waals surface area contributed by atoms with Crippen molar-refractivity contribution in [3.05, 3.63) is 168 Å². The molecule has 1 aromatic heterocycles. The second-order valence-electron chi connectivity index (χ2n) is 8.85. The Labute approximate surface area is 235 Å². The molecule has 0 saturated heterocycles. The normalized spacial score (nSPS) is 13.0. The van der Waals surface area contributed by atoms with Crippen molar-refractivity contribution in [3.63, 3.8) is 0 Å². The zero-order chi connectivity index (χ0) is 24.9. The van der Waals surface area contributed by atoms with Crippen LogP contribution in [-0.2, 0) is 0 Å². The van der Waals surface area contributed by atoms with Crippen molar-refractivity contribution in [2.24, 2.45) is 0 Å². The molecule has 176 valence electrons. The Morgan fingerprint density at radius 1 is 0.459 bits per heavy atom. The molecule has 2 heterocycles. The summed E-state index contributed by atoms with van der Waals surface area (Å²) >= 11 is -0.242. The van der Waals surface area contributed by atoms with Crippen LogP contribution in [-0.4, -0.2) is 35.4 Å². The van der Waals surface area contributed by atoms with Gasteiger partial charge in [-0.2, -0.15) is 0 Å². The monoisotopic (exact) mass is 655 g/mol. The Morgan fingerprint density at radius 3 is 1.24 bits per heavy atom. The third-order valence-corrected chi connectivity index (χ3v) is 11.9. The molecule has 0 nitrogen and oxygen atoms in total. The fraction of sp³-hybridized carbons (Fsp3) is 0. The van der Waals surface area contributed by atoms with Gasteiger partial charge in [-0.3, -0.25) is 0 Å². The first-order valence-corrected chi connectivity index (χ1v) is 16.4. The van der Waals surface area contributed by atoms with Crippen LogP contribution in [0.25, 0.3) is 33.3 Å². The van der Waals surface area contributed by atoms with Crippen LogP contribution < -0.4 is 0 Å². The van der Waals surface area contributed by atoms with E-state index < -0.39 is 20.9 Å². The van der Waals surface area contributed by atoms with Gasteiger partial charge < -0.3 is 0 Å². The van der Waals surface area contributed by atoms with E-state index in [-0.39, 0.29) is 14.5 Å². The predicted molar refractivity (Wildman–Crippen MR) is 161 cm³/mol. The minimum atomic E-state index is -0.492. The van der Waals surface area contributed by atoms with Gasteiger partial charge in [0.25, 0.3) is 0 Å². The van der Waals surface area contributed by atoms with Crippen molar-refractivity contribution < 1.29 is 0 Å². The fourth-order valence-corrected chi connectivity index (χ4v) is 10.0. The number of hydrogen-bond donors (Lipinski definition) is 0. The summed E-state index contributed by atoms with van der Waals surface area (Å²) < 4.78 is 5.81. The van der Waals surface area contributed by atoms with Gasteiger partial charge in [0, 0.05) is 0 Å². The van der Waals surface area contributed by atoms with Crippen LogP contribution in [0.2, 0.25) is 0 Å². The quantitative estimate of drug-likeness (QED) is 0.167. The Balaban J connectivity index is 1.49. The molecule has 0 fully saturated rings. The molecule has 0 bridgehead atoms. The van der Waals surface area contributed by atoms with Crippen LogP contribution in [0.3, 0.4) is 0 Å². The van der Waals surface area contributed by atoms with Gasteiger partial charge in [0.2, 0.25) is 0 Å². The molecule has 0 unspecified atom stereocenters. The zero-order valence-corrected chi connectivity index (χ0v) is 24.3. The van der Waals surface area contributed by atoms with E-state index in [0.29, 0.717) is 0 Å². The van der Waals surface area contributed by atoms with E-state index in [1.807, 2.05) is 0 Å². The van der Waals surface area contributed by atoms with Crippen LogP contribution in [0.5, 0.6) is 0 Å². The maximum atomic E-state index is 2.42. The summed E-state index contributed by atoms with van der Waals surface area (Å²) in [5.41, 5.74) is 7.85. The van der Waals surface area contributed by atoms with E-state index in [1.54, 1.807) is 0 Å². The number of allylic oxidation sites excluding steroid dienone is 3. The molecule has 0 spiro atoms. The SMILES string of the molecule is C(=C1C=C(c2ccccc2)[Te]C(c2ccccc2)=C1)c1cc(-c2ccccc2)[se+]c(-c2ccccc2)c1. The summed E-state index contributed by atoms with van der Waals surface area (Å²) in [4.78, 5) is 0. The topological polar surface area (TPSA) is 0 Å². The summed E-state index contributed by atoms with van der Waals surface area (Å²) in [6.45, 7) is 0. The van der Waals surface area contributed by atoms with Crippen LogP contribution in [0.15, 0.2) is 151 Å². The Kier molecular flexibility index (Phi) is 7.45. The summed E-state index contributed by atoms with van der Waals surface area (Å²) in [5, 5.41) is 0. The molecule has 6 rings (SSSR count). The third-order valence-electron chi connectivity index (χ3n) is 6.20. The van der Waals surface area contributed by atoms with Crippen LogP contribution in [0.1, 0.15) is 16.7 Å².